The summed E-state index contributed by atoms with van der Waals surface area (Å²) in [6.07, 6.45) is 6.91. The van der Waals surface area contributed by atoms with Crippen molar-refractivity contribution in [1.29, 1.82) is 0 Å². The maximum absolute atomic E-state index is 10.2. The molecule has 3 rings (SSSR count). The lowest BCUT2D eigenvalue weighted by molar-refractivity contribution is 0.456. The van der Waals surface area contributed by atoms with E-state index in [0.717, 1.165) is 31.4 Å². The first kappa shape index (κ1) is 10.2. The summed E-state index contributed by atoms with van der Waals surface area (Å²) < 4.78 is 0. The molecule has 0 aromatic heterocycles. The predicted octanol–water partition coefficient (Wildman–Crippen LogP) is 2.18. The fraction of sp³-hybridized carbons (Fsp3) is 0.571. The number of aromatic hydroxyl groups is 1. The predicted molar refractivity (Wildman–Crippen MR) is 64.9 cm³/mol. The van der Waals surface area contributed by atoms with Gasteiger partial charge >= 0.3 is 0 Å². The molecule has 1 aromatic rings. The number of phenols is 1. The highest BCUT2D eigenvalue weighted by molar-refractivity contribution is 5.48. The van der Waals surface area contributed by atoms with Crippen LogP contribution in [0.1, 0.15) is 36.0 Å². The lowest BCUT2D eigenvalue weighted by atomic mass is 9.98. The summed E-state index contributed by atoms with van der Waals surface area (Å²) in [5.41, 5.74) is 3.72. The minimum atomic E-state index is 0.574. The molecule has 0 bridgehead atoms. The lowest BCUT2D eigenvalue weighted by Crippen LogP contribution is -2.23. The molecule has 2 N–H and O–H groups in total. The zero-order chi connectivity index (χ0) is 11.0. The van der Waals surface area contributed by atoms with E-state index in [1.807, 2.05) is 0 Å². The highest BCUT2D eigenvalue weighted by Crippen LogP contribution is 2.33. The minimum absolute atomic E-state index is 0.574. The van der Waals surface area contributed by atoms with E-state index >= 15 is 0 Å². The summed E-state index contributed by atoms with van der Waals surface area (Å²) in [6, 6.07) is 4.91. The molecule has 1 aromatic carbocycles. The molecule has 2 nitrogen and oxygen atoms in total. The number of fused-ring (bicyclic) bond motifs is 1. The lowest BCUT2D eigenvalue weighted by Gasteiger charge is -2.13. The summed E-state index contributed by atoms with van der Waals surface area (Å²) >= 11 is 0. The zero-order valence-corrected chi connectivity index (χ0v) is 9.63. The fourth-order valence-corrected chi connectivity index (χ4v) is 3.06. The normalized spacial score (nSPS) is 23.6. The van der Waals surface area contributed by atoms with Gasteiger partial charge in [-0.1, -0.05) is 12.1 Å². The van der Waals surface area contributed by atoms with Crippen LogP contribution >= 0.6 is 0 Å². The van der Waals surface area contributed by atoms with Crippen molar-refractivity contribution in [2.24, 2.45) is 0 Å². The molecule has 0 radical (unpaired) electrons. The molecule has 1 saturated heterocycles. The van der Waals surface area contributed by atoms with E-state index < -0.39 is 0 Å². The van der Waals surface area contributed by atoms with Gasteiger partial charge in [0.2, 0.25) is 0 Å². The first-order valence-corrected chi connectivity index (χ1v) is 6.40. The molecule has 2 aliphatic rings. The monoisotopic (exact) mass is 217 g/mol. The van der Waals surface area contributed by atoms with Crippen molar-refractivity contribution in [3.05, 3.63) is 28.8 Å². The minimum Gasteiger partial charge on any atom is -0.507 e. The van der Waals surface area contributed by atoms with E-state index in [-0.39, 0.29) is 0 Å². The number of hydrogen-bond acceptors (Lipinski definition) is 2. The quantitative estimate of drug-likeness (QED) is 0.795. The smallest absolute Gasteiger partial charge is 0.122 e. The Morgan fingerprint density at radius 1 is 1.25 bits per heavy atom. The van der Waals surface area contributed by atoms with Gasteiger partial charge in [0.25, 0.3) is 0 Å². The molecule has 1 atom stereocenters. The highest BCUT2D eigenvalue weighted by atomic mass is 16.3. The molecule has 0 spiro atoms. The van der Waals surface area contributed by atoms with Crippen LogP contribution in [0.4, 0.5) is 0 Å². The van der Waals surface area contributed by atoms with E-state index in [0.29, 0.717) is 11.8 Å². The summed E-state index contributed by atoms with van der Waals surface area (Å²) in [7, 11) is 0. The molecular weight excluding hydrogens is 198 g/mol. The van der Waals surface area contributed by atoms with Crippen molar-refractivity contribution in [1.82, 2.24) is 5.32 Å². The molecule has 0 amide bonds. The molecule has 1 aliphatic heterocycles. The number of aryl methyl sites for hydroxylation is 1. The molecule has 1 fully saturated rings. The third-order valence-corrected chi connectivity index (χ3v) is 3.96. The van der Waals surface area contributed by atoms with Crippen molar-refractivity contribution in [3.8, 4) is 5.75 Å². The van der Waals surface area contributed by atoms with E-state index in [9.17, 15) is 5.11 Å². The summed E-state index contributed by atoms with van der Waals surface area (Å²) in [5.74, 6) is 0.587. The largest absolute Gasteiger partial charge is 0.507 e. The average molecular weight is 217 g/mol. The van der Waals surface area contributed by atoms with E-state index in [2.05, 4.69) is 17.4 Å². The topological polar surface area (TPSA) is 32.3 Å². The summed E-state index contributed by atoms with van der Waals surface area (Å²) in [5, 5.41) is 13.7. The van der Waals surface area contributed by atoms with Crippen molar-refractivity contribution in [2.45, 2.75) is 44.6 Å². The van der Waals surface area contributed by atoms with Gasteiger partial charge in [0, 0.05) is 6.04 Å². The Morgan fingerprint density at radius 2 is 2.19 bits per heavy atom. The number of rotatable bonds is 2. The zero-order valence-electron chi connectivity index (χ0n) is 9.63. The first-order chi connectivity index (χ1) is 7.84. The van der Waals surface area contributed by atoms with Crippen LogP contribution in [0.15, 0.2) is 12.1 Å². The molecule has 0 saturated carbocycles. The van der Waals surface area contributed by atoms with Gasteiger partial charge in [-0.25, -0.2) is 0 Å². The third kappa shape index (κ3) is 1.71. The van der Waals surface area contributed by atoms with Gasteiger partial charge in [-0.05, 0) is 61.8 Å². The van der Waals surface area contributed by atoms with Crippen molar-refractivity contribution < 1.29 is 5.11 Å². The Kier molecular flexibility index (Phi) is 2.60. The number of hydrogen-bond donors (Lipinski definition) is 2. The maximum Gasteiger partial charge on any atom is 0.122 e. The van der Waals surface area contributed by atoms with E-state index in [1.54, 1.807) is 0 Å². The molecule has 1 aliphatic carbocycles. The Bertz CT molecular complexity index is 394. The van der Waals surface area contributed by atoms with Crippen LogP contribution in [0.5, 0.6) is 5.75 Å². The molecule has 1 unspecified atom stereocenters. The fourth-order valence-electron chi connectivity index (χ4n) is 3.06. The highest BCUT2D eigenvalue weighted by Gasteiger charge is 2.20. The van der Waals surface area contributed by atoms with Gasteiger partial charge in [-0.2, -0.15) is 0 Å². The van der Waals surface area contributed by atoms with E-state index in [1.165, 1.54) is 30.4 Å². The Balaban J connectivity index is 1.84. The second-order valence-electron chi connectivity index (χ2n) is 5.06. The molecule has 16 heavy (non-hydrogen) atoms. The van der Waals surface area contributed by atoms with Crippen molar-refractivity contribution in [3.63, 3.8) is 0 Å². The summed E-state index contributed by atoms with van der Waals surface area (Å²) in [6.45, 7) is 1.14. The van der Waals surface area contributed by atoms with Gasteiger partial charge in [-0.3, -0.25) is 0 Å². The molecule has 1 heterocycles. The molecular formula is C14H19NO. The maximum atomic E-state index is 10.2. The Hall–Kier alpha value is -1.02. The number of phenolic OH excluding ortho intramolecular Hbond substituents is 1. The Morgan fingerprint density at radius 3 is 3.00 bits per heavy atom. The number of nitrogens with one attached hydrogen (secondary N) is 1. The van der Waals surface area contributed by atoms with Crippen LogP contribution in [-0.2, 0) is 19.3 Å². The van der Waals surface area contributed by atoms with Crippen molar-refractivity contribution in [2.75, 3.05) is 6.54 Å². The Labute approximate surface area is 96.7 Å². The van der Waals surface area contributed by atoms with Crippen LogP contribution in [0.2, 0.25) is 0 Å². The van der Waals surface area contributed by atoms with Crippen LogP contribution in [0.3, 0.4) is 0 Å². The van der Waals surface area contributed by atoms with Crippen LogP contribution in [-0.4, -0.2) is 17.7 Å². The van der Waals surface area contributed by atoms with Crippen LogP contribution in [0, 0.1) is 0 Å². The molecule has 2 heteroatoms. The first-order valence-electron chi connectivity index (χ1n) is 6.40. The second-order valence-corrected chi connectivity index (χ2v) is 5.06. The third-order valence-electron chi connectivity index (χ3n) is 3.96. The van der Waals surface area contributed by atoms with Crippen LogP contribution < -0.4 is 5.32 Å². The standard InChI is InChI=1S/C14H19NO/c16-14-11(9-12-4-2-8-15-12)7-6-10-3-1-5-13(10)14/h6-7,12,15-16H,1-5,8-9H2. The van der Waals surface area contributed by atoms with Crippen LogP contribution in [0.25, 0.3) is 0 Å². The van der Waals surface area contributed by atoms with Gasteiger partial charge in [-0.15, -0.1) is 0 Å². The van der Waals surface area contributed by atoms with E-state index in [4.69, 9.17) is 0 Å². The SMILES string of the molecule is Oc1c(CC2CCCN2)ccc2c1CCC2. The van der Waals surface area contributed by atoms with Gasteiger partial charge in [0.05, 0.1) is 0 Å². The van der Waals surface area contributed by atoms with Gasteiger partial charge in [0.1, 0.15) is 5.75 Å². The summed E-state index contributed by atoms with van der Waals surface area (Å²) in [4.78, 5) is 0. The van der Waals surface area contributed by atoms with Gasteiger partial charge in [0.15, 0.2) is 0 Å². The van der Waals surface area contributed by atoms with Crippen molar-refractivity contribution >= 4 is 0 Å². The van der Waals surface area contributed by atoms with Gasteiger partial charge < -0.3 is 10.4 Å². The number of benzene rings is 1. The second kappa shape index (κ2) is 4.10. The average Bonchev–Trinajstić information content (AvgIpc) is 2.93. The molecule has 86 valence electrons.